The molecule has 7 heteroatoms. The Bertz CT molecular complexity index is 771. The van der Waals surface area contributed by atoms with Gasteiger partial charge in [-0.2, -0.15) is 13.2 Å². The van der Waals surface area contributed by atoms with Gasteiger partial charge in [0, 0.05) is 25.3 Å². The Hall–Kier alpha value is -2.70. The summed E-state index contributed by atoms with van der Waals surface area (Å²) < 4.78 is 39.0. The van der Waals surface area contributed by atoms with Crippen LogP contribution in [0.15, 0.2) is 48.5 Å². The standard InChI is InChI=1S/C19H20F3N3O/c20-19(21,22)15-8-2-3-9-16(15)24-18(26)23-13-14-7-1-4-10-17(14)25-11-5-6-12-25/h1-4,7-10H,5-6,11-13H2,(H2,23,24,26). The summed E-state index contributed by atoms with van der Waals surface area (Å²) in [5.41, 5.74) is 0.868. The van der Waals surface area contributed by atoms with Crippen LogP contribution in [-0.4, -0.2) is 19.1 Å². The third kappa shape index (κ3) is 4.28. The summed E-state index contributed by atoms with van der Waals surface area (Å²) in [7, 11) is 0. The number of alkyl halides is 3. The molecule has 0 unspecified atom stereocenters. The van der Waals surface area contributed by atoms with Crippen molar-refractivity contribution in [2.24, 2.45) is 0 Å². The number of urea groups is 1. The lowest BCUT2D eigenvalue weighted by Gasteiger charge is -2.21. The minimum absolute atomic E-state index is 0.243. The predicted molar refractivity (Wildman–Crippen MR) is 95.2 cm³/mol. The molecular formula is C19H20F3N3O. The molecule has 1 aliphatic heterocycles. The van der Waals surface area contributed by atoms with E-state index in [4.69, 9.17) is 0 Å². The van der Waals surface area contributed by atoms with Gasteiger partial charge >= 0.3 is 12.2 Å². The van der Waals surface area contributed by atoms with Crippen LogP contribution in [0.25, 0.3) is 0 Å². The van der Waals surface area contributed by atoms with Crippen LogP contribution in [0, 0.1) is 0 Å². The van der Waals surface area contributed by atoms with Crippen LogP contribution in [0.2, 0.25) is 0 Å². The van der Waals surface area contributed by atoms with Crippen LogP contribution < -0.4 is 15.5 Å². The van der Waals surface area contributed by atoms with E-state index in [0.717, 1.165) is 43.2 Å². The molecule has 3 rings (SSSR count). The van der Waals surface area contributed by atoms with Crippen LogP contribution in [0.5, 0.6) is 0 Å². The van der Waals surface area contributed by atoms with Crippen molar-refractivity contribution in [3.05, 3.63) is 59.7 Å². The fourth-order valence-corrected chi connectivity index (χ4v) is 3.11. The summed E-state index contributed by atoms with van der Waals surface area (Å²) in [6, 6.07) is 12.0. The molecule has 1 aliphatic rings. The van der Waals surface area contributed by atoms with Gasteiger partial charge in [0.25, 0.3) is 0 Å². The van der Waals surface area contributed by atoms with Gasteiger partial charge in [-0.25, -0.2) is 4.79 Å². The highest BCUT2D eigenvalue weighted by atomic mass is 19.4. The first-order valence-electron chi connectivity index (χ1n) is 8.49. The molecule has 2 amide bonds. The van der Waals surface area contributed by atoms with Gasteiger partial charge in [-0.05, 0) is 36.6 Å². The van der Waals surface area contributed by atoms with E-state index in [1.807, 2.05) is 24.3 Å². The number of carbonyl (C=O) groups is 1. The lowest BCUT2D eigenvalue weighted by molar-refractivity contribution is -0.136. The third-order valence-corrected chi connectivity index (χ3v) is 4.36. The van der Waals surface area contributed by atoms with Gasteiger partial charge in [-0.1, -0.05) is 30.3 Å². The number of hydrogen-bond acceptors (Lipinski definition) is 2. The normalized spacial score (nSPS) is 14.3. The lowest BCUT2D eigenvalue weighted by Crippen LogP contribution is -2.30. The maximum Gasteiger partial charge on any atom is 0.418 e. The molecule has 0 spiro atoms. The first-order valence-corrected chi connectivity index (χ1v) is 8.49. The van der Waals surface area contributed by atoms with E-state index in [0.29, 0.717) is 0 Å². The van der Waals surface area contributed by atoms with E-state index < -0.39 is 17.8 Å². The zero-order valence-corrected chi connectivity index (χ0v) is 14.1. The molecule has 1 saturated heterocycles. The number of nitrogens with zero attached hydrogens (tertiary/aromatic N) is 1. The lowest BCUT2D eigenvalue weighted by atomic mass is 10.1. The monoisotopic (exact) mass is 363 g/mol. The molecule has 2 N–H and O–H groups in total. The average Bonchev–Trinajstić information content (AvgIpc) is 3.14. The molecule has 1 heterocycles. The molecule has 0 bridgehead atoms. The summed E-state index contributed by atoms with van der Waals surface area (Å²) in [6.45, 7) is 2.19. The van der Waals surface area contributed by atoms with E-state index in [1.165, 1.54) is 18.2 Å². The summed E-state index contributed by atoms with van der Waals surface area (Å²) in [4.78, 5) is 14.4. The van der Waals surface area contributed by atoms with Crippen molar-refractivity contribution in [1.82, 2.24) is 5.32 Å². The summed E-state index contributed by atoms with van der Waals surface area (Å²) in [5, 5.41) is 4.94. The molecule has 0 atom stereocenters. The predicted octanol–water partition coefficient (Wildman–Crippen LogP) is 4.63. The van der Waals surface area contributed by atoms with Crippen LogP contribution in [-0.2, 0) is 12.7 Å². The number of halogens is 3. The summed E-state index contributed by atoms with van der Waals surface area (Å²) >= 11 is 0. The number of para-hydroxylation sites is 2. The molecule has 0 saturated carbocycles. The van der Waals surface area contributed by atoms with Crippen molar-refractivity contribution < 1.29 is 18.0 Å². The summed E-state index contributed by atoms with van der Waals surface area (Å²) in [6.07, 6.45) is -2.25. The molecule has 4 nitrogen and oxygen atoms in total. The largest absolute Gasteiger partial charge is 0.418 e. The highest BCUT2D eigenvalue weighted by Gasteiger charge is 2.33. The van der Waals surface area contributed by atoms with Crippen molar-refractivity contribution in [2.75, 3.05) is 23.3 Å². The van der Waals surface area contributed by atoms with Gasteiger partial charge in [-0.15, -0.1) is 0 Å². The topological polar surface area (TPSA) is 44.4 Å². The number of hydrogen-bond donors (Lipinski definition) is 2. The Labute approximate surface area is 150 Å². The van der Waals surface area contributed by atoms with Crippen LogP contribution >= 0.6 is 0 Å². The molecule has 0 aromatic heterocycles. The van der Waals surface area contributed by atoms with Crippen molar-refractivity contribution >= 4 is 17.4 Å². The number of rotatable bonds is 4. The fourth-order valence-electron chi connectivity index (χ4n) is 3.11. The van der Waals surface area contributed by atoms with Gasteiger partial charge in [-0.3, -0.25) is 0 Å². The van der Waals surface area contributed by atoms with Crippen molar-refractivity contribution in [3.63, 3.8) is 0 Å². The summed E-state index contributed by atoms with van der Waals surface area (Å²) in [5.74, 6) is 0. The zero-order chi connectivity index (χ0) is 18.6. The number of amides is 2. The van der Waals surface area contributed by atoms with E-state index in [9.17, 15) is 18.0 Å². The molecule has 0 radical (unpaired) electrons. The number of benzene rings is 2. The first-order chi connectivity index (χ1) is 12.4. The smallest absolute Gasteiger partial charge is 0.371 e. The van der Waals surface area contributed by atoms with E-state index >= 15 is 0 Å². The number of nitrogens with one attached hydrogen (secondary N) is 2. The second-order valence-corrected chi connectivity index (χ2v) is 6.17. The molecule has 2 aromatic carbocycles. The SMILES string of the molecule is O=C(NCc1ccccc1N1CCCC1)Nc1ccccc1C(F)(F)F. The van der Waals surface area contributed by atoms with Crippen molar-refractivity contribution in [3.8, 4) is 0 Å². The molecule has 0 aliphatic carbocycles. The minimum Gasteiger partial charge on any atom is -0.371 e. The van der Waals surface area contributed by atoms with E-state index in [2.05, 4.69) is 15.5 Å². The van der Waals surface area contributed by atoms with E-state index in [1.54, 1.807) is 0 Å². The maximum absolute atomic E-state index is 13.0. The molecule has 138 valence electrons. The second-order valence-electron chi connectivity index (χ2n) is 6.17. The van der Waals surface area contributed by atoms with Gasteiger partial charge < -0.3 is 15.5 Å². The Morgan fingerprint density at radius 2 is 1.65 bits per heavy atom. The van der Waals surface area contributed by atoms with Crippen LogP contribution in [0.1, 0.15) is 24.0 Å². The van der Waals surface area contributed by atoms with Gasteiger partial charge in [0.2, 0.25) is 0 Å². The van der Waals surface area contributed by atoms with Crippen molar-refractivity contribution in [1.29, 1.82) is 0 Å². The molecule has 26 heavy (non-hydrogen) atoms. The highest BCUT2D eigenvalue weighted by molar-refractivity contribution is 5.90. The Balaban J connectivity index is 1.66. The molecule has 1 fully saturated rings. The van der Waals surface area contributed by atoms with Gasteiger partial charge in [0.1, 0.15) is 0 Å². The Morgan fingerprint density at radius 1 is 1.00 bits per heavy atom. The maximum atomic E-state index is 13.0. The van der Waals surface area contributed by atoms with Gasteiger partial charge in [0.05, 0.1) is 11.3 Å². The molecule has 2 aromatic rings. The number of carbonyl (C=O) groups excluding carboxylic acids is 1. The third-order valence-electron chi connectivity index (χ3n) is 4.36. The fraction of sp³-hybridized carbons (Fsp3) is 0.316. The van der Waals surface area contributed by atoms with Crippen LogP contribution in [0.4, 0.5) is 29.3 Å². The average molecular weight is 363 g/mol. The van der Waals surface area contributed by atoms with Crippen LogP contribution in [0.3, 0.4) is 0 Å². The first kappa shape index (κ1) is 18.1. The highest BCUT2D eigenvalue weighted by Crippen LogP contribution is 2.34. The van der Waals surface area contributed by atoms with Crippen molar-refractivity contribution in [2.45, 2.75) is 25.6 Å². The zero-order valence-electron chi connectivity index (χ0n) is 14.1. The Morgan fingerprint density at radius 3 is 2.38 bits per heavy atom. The molecular weight excluding hydrogens is 343 g/mol. The quantitative estimate of drug-likeness (QED) is 0.832. The Kier molecular flexibility index (Phi) is 5.35. The minimum atomic E-state index is -4.52. The van der Waals surface area contributed by atoms with E-state index in [-0.39, 0.29) is 12.2 Å². The van der Waals surface area contributed by atoms with Gasteiger partial charge in [0.15, 0.2) is 0 Å². The second kappa shape index (κ2) is 7.68. The number of anilines is 2.